The predicted molar refractivity (Wildman–Crippen MR) is 127 cm³/mol. The molecule has 1 aromatic heterocycles. The van der Waals surface area contributed by atoms with E-state index in [0.717, 1.165) is 22.0 Å². The van der Waals surface area contributed by atoms with Gasteiger partial charge in [0.1, 0.15) is 0 Å². The number of methoxy groups -OCH3 is 3. The Morgan fingerprint density at radius 1 is 0.969 bits per heavy atom. The fraction of sp³-hybridized carbons (Fsp3) is 0.167. The third-order valence-corrected chi connectivity index (χ3v) is 5.94. The number of amides is 1. The van der Waals surface area contributed by atoms with Crippen molar-refractivity contribution in [2.75, 3.05) is 32.9 Å². The van der Waals surface area contributed by atoms with Crippen LogP contribution in [0.5, 0.6) is 17.2 Å². The van der Waals surface area contributed by atoms with Crippen LogP contribution in [-0.2, 0) is 0 Å². The molecule has 2 N–H and O–H groups in total. The molecule has 0 unspecified atom stereocenters. The van der Waals surface area contributed by atoms with E-state index in [0.29, 0.717) is 28.6 Å². The first-order valence-electron chi connectivity index (χ1n) is 9.82. The van der Waals surface area contributed by atoms with Crippen LogP contribution in [0.3, 0.4) is 0 Å². The van der Waals surface area contributed by atoms with Gasteiger partial charge in [0.2, 0.25) is 5.75 Å². The first-order chi connectivity index (χ1) is 15.6. The topological polar surface area (TPSA) is 85.5 Å². The van der Waals surface area contributed by atoms with Gasteiger partial charge in [-0.25, -0.2) is 0 Å². The van der Waals surface area contributed by atoms with Crippen LogP contribution in [0.2, 0.25) is 0 Å². The Labute approximate surface area is 190 Å². The molecule has 164 valence electrons. The summed E-state index contributed by atoms with van der Waals surface area (Å²) < 4.78 is 16.0. The first kappa shape index (κ1) is 21.6. The number of carbonyl (C=O) groups is 1. The summed E-state index contributed by atoms with van der Waals surface area (Å²) in [6, 6.07) is 17.5. The first-order valence-corrected chi connectivity index (χ1v) is 11.0. The van der Waals surface area contributed by atoms with Gasteiger partial charge in [0.15, 0.2) is 17.3 Å². The van der Waals surface area contributed by atoms with Gasteiger partial charge < -0.3 is 19.5 Å². The number of hydrogen-bond donors (Lipinski definition) is 2. The van der Waals surface area contributed by atoms with Crippen molar-refractivity contribution in [2.45, 2.75) is 4.90 Å². The molecule has 4 aromatic rings. The van der Waals surface area contributed by atoms with Crippen LogP contribution >= 0.6 is 11.8 Å². The van der Waals surface area contributed by atoms with Gasteiger partial charge in [0, 0.05) is 15.8 Å². The Bertz CT molecular complexity index is 1260. The van der Waals surface area contributed by atoms with Crippen LogP contribution < -0.4 is 19.5 Å². The van der Waals surface area contributed by atoms with E-state index in [2.05, 4.69) is 33.9 Å². The molecular weight excluding hydrogens is 426 g/mol. The Kier molecular flexibility index (Phi) is 6.23. The molecule has 0 aliphatic rings. The van der Waals surface area contributed by atoms with E-state index >= 15 is 0 Å². The maximum Gasteiger partial charge on any atom is 0.257 e. The molecule has 32 heavy (non-hydrogen) atoms. The van der Waals surface area contributed by atoms with Gasteiger partial charge in [-0.1, -0.05) is 24.3 Å². The highest BCUT2D eigenvalue weighted by molar-refractivity contribution is 7.98. The van der Waals surface area contributed by atoms with Crippen LogP contribution in [0.4, 0.5) is 5.82 Å². The molecule has 0 aliphatic carbocycles. The highest BCUT2D eigenvalue weighted by Crippen LogP contribution is 2.38. The molecule has 3 aromatic carbocycles. The summed E-state index contributed by atoms with van der Waals surface area (Å²) in [7, 11) is 4.53. The molecule has 8 heteroatoms. The zero-order chi connectivity index (χ0) is 22.7. The maximum absolute atomic E-state index is 12.9. The van der Waals surface area contributed by atoms with E-state index in [1.54, 1.807) is 23.9 Å². The minimum atomic E-state index is -0.338. The highest BCUT2D eigenvalue weighted by atomic mass is 32.2. The van der Waals surface area contributed by atoms with Crippen LogP contribution in [0, 0.1) is 0 Å². The standard InChI is InChI=1S/C24H23N3O4S/c1-29-19-12-15(13-20(30-2)22(19)31-3)24(28)25-23-17-10-9-14(11-18(17)26-27-23)16-7-5-6-8-21(16)32-4/h5-13H,1-4H3,(H2,25,26,27,28). The molecule has 0 saturated heterocycles. The Morgan fingerprint density at radius 2 is 1.69 bits per heavy atom. The quantitative estimate of drug-likeness (QED) is 0.376. The number of thioether (sulfide) groups is 1. The van der Waals surface area contributed by atoms with Gasteiger partial charge in [-0.15, -0.1) is 11.8 Å². The molecule has 0 radical (unpaired) electrons. The lowest BCUT2D eigenvalue weighted by Crippen LogP contribution is -2.13. The van der Waals surface area contributed by atoms with Crippen LogP contribution in [0.25, 0.3) is 22.0 Å². The highest BCUT2D eigenvalue weighted by Gasteiger charge is 2.18. The van der Waals surface area contributed by atoms with E-state index in [9.17, 15) is 4.79 Å². The van der Waals surface area contributed by atoms with Crippen molar-refractivity contribution in [1.29, 1.82) is 0 Å². The van der Waals surface area contributed by atoms with Gasteiger partial charge in [-0.3, -0.25) is 9.89 Å². The van der Waals surface area contributed by atoms with Gasteiger partial charge in [0.05, 0.1) is 26.8 Å². The number of aromatic amines is 1. The van der Waals surface area contributed by atoms with Gasteiger partial charge >= 0.3 is 0 Å². The molecule has 7 nitrogen and oxygen atoms in total. The van der Waals surface area contributed by atoms with E-state index < -0.39 is 0 Å². The lowest BCUT2D eigenvalue weighted by atomic mass is 10.0. The summed E-state index contributed by atoms with van der Waals surface area (Å²) >= 11 is 1.70. The summed E-state index contributed by atoms with van der Waals surface area (Å²) in [6.45, 7) is 0. The van der Waals surface area contributed by atoms with E-state index in [1.807, 2.05) is 30.3 Å². The number of benzene rings is 3. The second-order valence-corrected chi connectivity index (χ2v) is 7.75. The van der Waals surface area contributed by atoms with E-state index in [-0.39, 0.29) is 5.91 Å². The molecule has 0 aliphatic heterocycles. The monoisotopic (exact) mass is 449 g/mol. The lowest BCUT2D eigenvalue weighted by Gasteiger charge is -2.13. The van der Waals surface area contributed by atoms with Gasteiger partial charge in [-0.2, -0.15) is 5.10 Å². The fourth-order valence-electron chi connectivity index (χ4n) is 3.56. The number of carbonyl (C=O) groups excluding carboxylic acids is 1. The molecule has 0 saturated carbocycles. The average molecular weight is 450 g/mol. The molecule has 0 bridgehead atoms. The molecule has 1 amide bonds. The second-order valence-electron chi connectivity index (χ2n) is 6.90. The minimum Gasteiger partial charge on any atom is -0.493 e. The SMILES string of the molecule is COc1cc(C(=O)Nc2n[nH]c3cc(-c4ccccc4SC)ccc23)cc(OC)c1OC. The lowest BCUT2D eigenvalue weighted by molar-refractivity contribution is 0.102. The number of anilines is 1. The number of aromatic nitrogens is 2. The molecule has 1 heterocycles. The van der Waals surface area contributed by atoms with E-state index in [1.165, 1.54) is 26.2 Å². The number of rotatable bonds is 7. The number of ether oxygens (including phenoxy) is 3. The molecule has 0 spiro atoms. The Morgan fingerprint density at radius 3 is 2.34 bits per heavy atom. The zero-order valence-corrected chi connectivity index (χ0v) is 19.0. The normalized spacial score (nSPS) is 10.8. The summed E-state index contributed by atoms with van der Waals surface area (Å²) in [6.07, 6.45) is 2.06. The summed E-state index contributed by atoms with van der Waals surface area (Å²) in [5, 5.41) is 11.0. The zero-order valence-electron chi connectivity index (χ0n) is 18.2. The molecule has 0 fully saturated rings. The van der Waals surface area contributed by atoms with Crippen LogP contribution in [0.15, 0.2) is 59.5 Å². The molecule has 4 rings (SSSR count). The van der Waals surface area contributed by atoms with Gasteiger partial charge in [0.25, 0.3) is 5.91 Å². The third kappa shape index (κ3) is 3.97. The van der Waals surface area contributed by atoms with Crippen LogP contribution in [-0.4, -0.2) is 43.7 Å². The predicted octanol–water partition coefficient (Wildman–Crippen LogP) is 5.23. The van der Waals surface area contributed by atoms with Crippen LogP contribution in [0.1, 0.15) is 10.4 Å². The smallest absolute Gasteiger partial charge is 0.257 e. The van der Waals surface area contributed by atoms with Gasteiger partial charge in [-0.05, 0) is 47.7 Å². The number of H-pyrrole nitrogens is 1. The van der Waals surface area contributed by atoms with Crippen molar-refractivity contribution in [3.8, 4) is 28.4 Å². The molecular formula is C24H23N3O4S. The molecule has 0 atom stereocenters. The van der Waals surface area contributed by atoms with E-state index in [4.69, 9.17) is 14.2 Å². The number of nitrogens with zero attached hydrogens (tertiary/aromatic N) is 1. The fourth-order valence-corrected chi connectivity index (χ4v) is 4.18. The Hall–Kier alpha value is -3.65. The third-order valence-electron chi connectivity index (χ3n) is 5.14. The number of hydrogen-bond acceptors (Lipinski definition) is 6. The van der Waals surface area contributed by atoms with Crippen molar-refractivity contribution in [3.05, 3.63) is 60.2 Å². The average Bonchev–Trinajstić information content (AvgIpc) is 3.24. The summed E-state index contributed by atoms with van der Waals surface area (Å²) in [4.78, 5) is 14.1. The number of nitrogens with one attached hydrogen (secondary N) is 2. The maximum atomic E-state index is 12.9. The van der Waals surface area contributed by atoms with Crippen molar-refractivity contribution in [3.63, 3.8) is 0 Å². The largest absolute Gasteiger partial charge is 0.493 e. The van der Waals surface area contributed by atoms with Crippen molar-refractivity contribution < 1.29 is 19.0 Å². The number of fused-ring (bicyclic) bond motifs is 1. The Balaban J connectivity index is 1.65. The van der Waals surface area contributed by atoms with Crippen molar-refractivity contribution in [1.82, 2.24) is 10.2 Å². The summed E-state index contributed by atoms with van der Waals surface area (Å²) in [5.74, 6) is 1.34. The minimum absolute atomic E-state index is 0.338. The second kappa shape index (κ2) is 9.23. The van der Waals surface area contributed by atoms with Crippen molar-refractivity contribution in [2.24, 2.45) is 0 Å². The van der Waals surface area contributed by atoms with Crippen molar-refractivity contribution >= 4 is 34.4 Å². The summed E-state index contributed by atoms with van der Waals surface area (Å²) in [5.41, 5.74) is 3.42.